The van der Waals surface area contributed by atoms with Crippen LogP contribution in [-0.2, 0) is 14.8 Å². The van der Waals surface area contributed by atoms with Gasteiger partial charge in [0.05, 0.1) is 46.8 Å². The molecule has 0 radical (unpaired) electrons. The molecule has 33 heavy (non-hydrogen) atoms. The first kappa shape index (κ1) is 23.0. The van der Waals surface area contributed by atoms with Crippen molar-refractivity contribution in [2.45, 2.75) is 39.7 Å². The summed E-state index contributed by atoms with van der Waals surface area (Å²) in [5.74, 6) is 7.09. The molecule has 0 unspecified atom stereocenters. The molecule has 4 rings (SSSR count). The Labute approximate surface area is 194 Å². The molecule has 8 nitrogen and oxygen atoms in total. The summed E-state index contributed by atoms with van der Waals surface area (Å²) < 4.78 is 33.7. The Morgan fingerprint density at radius 2 is 2.00 bits per heavy atom. The fourth-order valence-electron chi connectivity index (χ4n) is 3.70. The van der Waals surface area contributed by atoms with E-state index in [2.05, 4.69) is 43.3 Å². The van der Waals surface area contributed by atoms with Gasteiger partial charge in [-0.05, 0) is 45.8 Å². The van der Waals surface area contributed by atoms with Gasteiger partial charge in [-0.25, -0.2) is 18.4 Å². The zero-order chi connectivity index (χ0) is 23.4. The molecule has 1 N–H and O–H groups in total. The SMILES string of the molecule is Cc1ncc(C#Cc2c(C)ncnc2N2CCOC[C@H]2C)cc1NS(=O)(=O)C1=CCCC=C1. The van der Waals surface area contributed by atoms with Crippen molar-refractivity contribution in [3.8, 4) is 11.8 Å². The van der Waals surface area contributed by atoms with Crippen LogP contribution in [0.15, 0.2) is 41.7 Å². The summed E-state index contributed by atoms with van der Waals surface area (Å²) in [4.78, 5) is 15.6. The Morgan fingerprint density at radius 3 is 2.76 bits per heavy atom. The van der Waals surface area contributed by atoms with Gasteiger partial charge in [-0.2, -0.15) is 0 Å². The van der Waals surface area contributed by atoms with E-state index in [0.717, 1.165) is 30.0 Å². The third-order valence-corrected chi connectivity index (χ3v) is 7.00. The van der Waals surface area contributed by atoms with Crippen molar-refractivity contribution in [2.24, 2.45) is 0 Å². The molecule has 0 bridgehead atoms. The summed E-state index contributed by atoms with van der Waals surface area (Å²) in [6.07, 6.45) is 9.95. The van der Waals surface area contributed by atoms with E-state index in [4.69, 9.17) is 4.74 Å². The first-order valence-corrected chi connectivity index (χ1v) is 12.4. The fourth-order valence-corrected chi connectivity index (χ4v) is 4.93. The number of pyridine rings is 1. The first-order chi connectivity index (χ1) is 15.8. The maximum absolute atomic E-state index is 12.8. The van der Waals surface area contributed by atoms with E-state index in [1.807, 2.05) is 13.0 Å². The quantitative estimate of drug-likeness (QED) is 0.693. The van der Waals surface area contributed by atoms with Crippen LogP contribution in [0, 0.1) is 25.7 Å². The van der Waals surface area contributed by atoms with E-state index in [1.165, 1.54) is 0 Å². The largest absolute Gasteiger partial charge is 0.377 e. The number of hydrogen-bond acceptors (Lipinski definition) is 7. The molecule has 1 aliphatic heterocycles. The molecule has 1 atom stereocenters. The normalized spacial score (nSPS) is 18.3. The Hall–Kier alpha value is -3.22. The molecule has 9 heteroatoms. The third kappa shape index (κ3) is 5.24. The second-order valence-corrected chi connectivity index (χ2v) is 9.76. The molecular weight excluding hydrogens is 438 g/mol. The molecule has 0 amide bonds. The minimum absolute atomic E-state index is 0.179. The van der Waals surface area contributed by atoms with Gasteiger partial charge in [0.15, 0.2) is 0 Å². The number of aryl methyl sites for hydroxylation is 2. The Kier molecular flexibility index (Phi) is 6.77. The molecule has 0 spiro atoms. The highest BCUT2D eigenvalue weighted by Crippen LogP contribution is 2.24. The first-order valence-electron chi connectivity index (χ1n) is 10.9. The van der Waals surface area contributed by atoms with E-state index in [0.29, 0.717) is 36.6 Å². The van der Waals surface area contributed by atoms with Crippen LogP contribution in [0.5, 0.6) is 0 Å². The lowest BCUT2D eigenvalue weighted by Crippen LogP contribution is -2.44. The van der Waals surface area contributed by atoms with Crippen LogP contribution in [0.3, 0.4) is 0 Å². The monoisotopic (exact) mass is 465 g/mol. The summed E-state index contributed by atoms with van der Waals surface area (Å²) in [6.45, 7) is 7.75. The van der Waals surface area contributed by atoms with Crippen molar-refractivity contribution in [3.63, 3.8) is 0 Å². The molecule has 2 aromatic heterocycles. The second-order valence-electron chi connectivity index (χ2n) is 8.07. The number of ether oxygens (including phenoxy) is 1. The van der Waals surface area contributed by atoms with Crippen LogP contribution in [0.1, 0.15) is 42.3 Å². The molecule has 2 aliphatic rings. The summed E-state index contributed by atoms with van der Waals surface area (Å²) >= 11 is 0. The van der Waals surface area contributed by atoms with Gasteiger partial charge in [0.25, 0.3) is 10.0 Å². The van der Waals surface area contributed by atoms with Crippen LogP contribution in [0.2, 0.25) is 0 Å². The van der Waals surface area contributed by atoms with Crippen molar-refractivity contribution >= 4 is 21.5 Å². The predicted molar refractivity (Wildman–Crippen MR) is 128 cm³/mol. The summed E-state index contributed by atoms with van der Waals surface area (Å²) in [5, 5.41) is 0. The lowest BCUT2D eigenvalue weighted by molar-refractivity contribution is 0.0985. The minimum Gasteiger partial charge on any atom is -0.377 e. The molecule has 172 valence electrons. The van der Waals surface area contributed by atoms with Crippen LogP contribution < -0.4 is 9.62 Å². The number of sulfonamides is 1. The van der Waals surface area contributed by atoms with Gasteiger partial charge in [-0.3, -0.25) is 9.71 Å². The zero-order valence-corrected chi connectivity index (χ0v) is 19.8. The smallest absolute Gasteiger partial charge is 0.261 e. The molecule has 1 fully saturated rings. The van der Waals surface area contributed by atoms with Crippen LogP contribution in [-0.4, -0.2) is 49.2 Å². The highest BCUT2D eigenvalue weighted by Gasteiger charge is 2.23. The van der Waals surface area contributed by atoms with E-state index in [-0.39, 0.29) is 10.9 Å². The lowest BCUT2D eigenvalue weighted by Gasteiger charge is -2.34. The highest BCUT2D eigenvalue weighted by molar-refractivity contribution is 7.96. The summed E-state index contributed by atoms with van der Waals surface area (Å²) in [5.41, 5.74) is 3.10. The van der Waals surface area contributed by atoms with Gasteiger partial charge >= 0.3 is 0 Å². The Morgan fingerprint density at radius 1 is 1.15 bits per heavy atom. The van der Waals surface area contributed by atoms with Gasteiger partial charge in [-0.15, -0.1) is 0 Å². The highest BCUT2D eigenvalue weighted by atomic mass is 32.2. The molecular formula is C24H27N5O3S. The van der Waals surface area contributed by atoms with Crippen molar-refractivity contribution < 1.29 is 13.2 Å². The molecule has 0 aromatic carbocycles. The van der Waals surface area contributed by atoms with Crippen molar-refractivity contribution in [3.05, 3.63) is 64.2 Å². The maximum atomic E-state index is 12.8. The molecule has 2 aromatic rings. The predicted octanol–water partition coefficient (Wildman–Crippen LogP) is 3.09. The number of rotatable bonds is 4. The molecule has 1 aliphatic carbocycles. The van der Waals surface area contributed by atoms with Gasteiger partial charge in [0.2, 0.25) is 0 Å². The van der Waals surface area contributed by atoms with Crippen molar-refractivity contribution in [2.75, 3.05) is 29.4 Å². The Balaban J connectivity index is 1.64. The second kappa shape index (κ2) is 9.73. The van der Waals surface area contributed by atoms with E-state index < -0.39 is 10.0 Å². The van der Waals surface area contributed by atoms with E-state index >= 15 is 0 Å². The van der Waals surface area contributed by atoms with Gasteiger partial charge in [0, 0.05) is 18.3 Å². The standard InChI is InChI=1S/C24H27N5O3S/c1-17-15-32-12-11-29(17)24-22(18(2)26-16-27-24)10-9-20-13-23(19(3)25-14-20)28-33(30,31)21-7-5-4-6-8-21/h5,7-8,13-14,16-17,28H,4,6,11-12,15H2,1-3H3/t17-/m1/s1. The van der Waals surface area contributed by atoms with Gasteiger partial charge in [-0.1, -0.05) is 24.0 Å². The average Bonchev–Trinajstić information content (AvgIpc) is 2.81. The van der Waals surface area contributed by atoms with Crippen LogP contribution >= 0.6 is 0 Å². The van der Waals surface area contributed by atoms with Gasteiger partial charge in [0.1, 0.15) is 12.1 Å². The topological polar surface area (TPSA) is 97.3 Å². The Bertz CT molecular complexity index is 1270. The number of hydrogen-bond donors (Lipinski definition) is 1. The van der Waals surface area contributed by atoms with E-state index in [9.17, 15) is 8.42 Å². The lowest BCUT2D eigenvalue weighted by atomic mass is 10.1. The van der Waals surface area contributed by atoms with Crippen LogP contribution in [0.4, 0.5) is 11.5 Å². The number of allylic oxidation sites excluding steroid dienone is 3. The summed E-state index contributed by atoms with van der Waals surface area (Å²) in [6, 6.07) is 1.88. The number of aromatic nitrogens is 3. The molecule has 1 saturated heterocycles. The molecule has 3 heterocycles. The fraction of sp³-hybridized carbons (Fsp3) is 0.375. The maximum Gasteiger partial charge on any atom is 0.261 e. The average molecular weight is 466 g/mol. The van der Waals surface area contributed by atoms with Crippen LogP contribution in [0.25, 0.3) is 0 Å². The number of morpholine rings is 1. The third-order valence-electron chi connectivity index (χ3n) is 5.59. The number of nitrogens with zero attached hydrogens (tertiary/aromatic N) is 4. The minimum atomic E-state index is -3.68. The van der Waals surface area contributed by atoms with Gasteiger partial charge < -0.3 is 9.64 Å². The number of anilines is 2. The van der Waals surface area contributed by atoms with Crippen molar-refractivity contribution in [1.29, 1.82) is 0 Å². The number of nitrogens with one attached hydrogen (secondary N) is 1. The van der Waals surface area contributed by atoms with Crippen molar-refractivity contribution in [1.82, 2.24) is 15.0 Å². The van der Waals surface area contributed by atoms with E-state index in [1.54, 1.807) is 37.7 Å². The zero-order valence-electron chi connectivity index (χ0n) is 19.0. The molecule has 0 saturated carbocycles. The summed E-state index contributed by atoms with van der Waals surface area (Å²) in [7, 11) is -3.68.